The minimum absolute atomic E-state index is 0.145. The summed E-state index contributed by atoms with van der Waals surface area (Å²) >= 11 is 0. The Kier molecular flexibility index (Phi) is 4.52. The van der Waals surface area contributed by atoms with Gasteiger partial charge in [-0.1, -0.05) is 48.0 Å². The number of nitrogens with zero attached hydrogens (tertiary/aromatic N) is 1. The Bertz CT molecular complexity index is 1520. The van der Waals surface area contributed by atoms with E-state index in [9.17, 15) is 14.4 Å². The first kappa shape index (κ1) is 22.2. The van der Waals surface area contributed by atoms with E-state index in [0.717, 1.165) is 24.0 Å². The second-order valence-electron chi connectivity index (χ2n) is 10.5. The van der Waals surface area contributed by atoms with E-state index < -0.39 is 16.9 Å². The molecule has 4 atom stereocenters. The highest BCUT2D eigenvalue weighted by atomic mass is 16.5. The largest absolute Gasteiger partial charge is 0.497 e. The Labute approximate surface area is 214 Å². The molecule has 3 aromatic rings. The fourth-order valence-electron chi connectivity index (χ4n) is 7.65. The zero-order valence-corrected chi connectivity index (χ0v) is 20.7. The molecule has 186 valence electrons. The third-order valence-electron chi connectivity index (χ3n) is 8.89. The van der Waals surface area contributed by atoms with Crippen LogP contribution in [0.1, 0.15) is 39.9 Å². The van der Waals surface area contributed by atoms with Gasteiger partial charge in [0.25, 0.3) is 5.91 Å². The van der Waals surface area contributed by atoms with Crippen LogP contribution in [0.3, 0.4) is 0 Å². The molecule has 0 radical (unpaired) electrons. The molecule has 0 aromatic heterocycles. The number of ketones is 1. The van der Waals surface area contributed by atoms with Crippen molar-refractivity contribution >= 4 is 29.0 Å². The summed E-state index contributed by atoms with van der Waals surface area (Å²) in [5, 5.41) is 6.17. The summed E-state index contributed by atoms with van der Waals surface area (Å²) in [6.07, 6.45) is 1.58. The van der Waals surface area contributed by atoms with Crippen molar-refractivity contribution in [1.29, 1.82) is 0 Å². The number of anilines is 2. The Morgan fingerprint density at radius 1 is 0.946 bits per heavy atom. The number of aryl methyl sites for hydroxylation is 1. The minimum Gasteiger partial charge on any atom is -0.497 e. The smallest absolute Gasteiger partial charge is 0.251 e. The predicted octanol–water partition coefficient (Wildman–Crippen LogP) is 4.02. The first-order chi connectivity index (χ1) is 17.9. The highest BCUT2D eigenvalue weighted by Gasteiger charge is 2.81. The number of hydrogen-bond acceptors (Lipinski definition) is 5. The Morgan fingerprint density at radius 3 is 2.57 bits per heavy atom. The van der Waals surface area contributed by atoms with E-state index in [1.807, 2.05) is 49.4 Å². The molecule has 2 saturated heterocycles. The van der Waals surface area contributed by atoms with Crippen molar-refractivity contribution in [1.82, 2.24) is 4.90 Å². The number of rotatable bonds is 3. The van der Waals surface area contributed by atoms with Crippen LogP contribution in [0.15, 0.2) is 66.7 Å². The lowest BCUT2D eigenvalue weighted by atomic mass is 9.57. The second kappa shape index (κ2) is 7.52. The zero-order valence-electron chi connectivity index (χ0n) is 20.7. The van der Waals surface area contributed by atoms with Gasteiger partial charge in [0.05, 0.1) is 13.0 Å². The number of para-hydroxylation sites is 1. The van der Waals surface area contributed by atoms with Crippen LogP contribution in [0, 0.1) is 12.8 Å². The highest BCUT2D eigenvalue weighted by Crippen LogP contribution is 2.67. The SMILES string of the molecule is COc1cccc(C(=O)[C@@H]2[C@H]3CCCN3[C@]3(C(=O)Nc4ccc(C)cc43)[C@@]23C(=O)Nc2ccccc23)c1. The van der Waals surface area contributed by atoms with Crippen molar-refractivity contribution in [3.05, 3.63) is 89.0 Å². The fourth-order valence-corrected chi connectivity index (χ4v) is 7.65. The minimum atomic E-state index is -1.43. The summed E-state index contributed by atoms with van der Waals surface area (Å²) in [5.41, 5.74) is 1.54. The van der Waals surface area contributed by atoms with Crippen molar-refractivity contribution in [3.8, 4) is 5.75 Å². The molecule has 2 N–H and O–H groups in total. The molecule has 4 aliphatic heterocycles. The molecule has 7 rings (SSSR count). The van der Waals surface area contributed by atoms with Crippen LogP contribution in [0.5, 0.6) is 5.75 Å². The van der Waals surface area contributed by atoms with Gasteiger partial charge < -0.3 is 15.4 Å². The van der Waals surface area contributed by atoms with Crippen molar-refractivity contribution in [2.45, 2.75) is 36.8 Å². The zero-order chi connectivity index (χ0) is 25.5. The van der Waals surface area contributed by atoms with E-state index in [1.165, 1.54) is 0 Å². The number of nitrogens with one attached hydrogen (secondary N) is 2. The van der Waals surface area contributed by atoms with Gasteiger partial charge in [-0.15, -0.1) is 0 Å². The molecule has 0 unspecified atom stereocenters. The van der Waals surface area contributed by atoms with Crippen LogP contribution >= 0.6 is 0 Å². The number of amides is 2. The first-order valence-corrected chi connectivity index (χ1v) is 12.7. The molecule has 3 aromatic carbocycles. The van der Waals surface area contributed by atoms with Gasteiger partial charge in [-0.25, -0.2) is 0 Å². The molecule has 37 heavy (non-hydrogen) atoms. The number of benzene rings is 3. The quantitative estimate of drug-likeness (QED) is 0.538. The maximum atomic E-state index is 14.6. The molecule has 2 amide bonds. The highest BCUT2D eigenvalue weighted by molar-refractivity contribution is 6.21. The third kappa shape index (κ3) is 2.52. The molecule has 2 spiro atoms. The molecule has 4 heterocycles. The van der Waals surface area contributed by atoms with Gasteiger partial charge in [-0.3, -0.25) is 19.3 Å². The van der Waals surface area contributed by atoms with Gasteiger partial charge in [0.1, 0.15) is 16.7 Å². The molecule has 0 aliphatic carbocycles. The standard InChI is InChI=1S/C30H27N3O4/c1-17-12-13-23-21(15-17)30(28(36)32-23)29(20-9-3-4-10-22(20)31-27(29)35)25(24-11-6-14-33(24)30)26(34)18-7-5-8-19(16-18)37-2/h3-5,7-10,12-13,15-16,24-25H,6,11,14H2,1-2H3,(H,31,35)(H,32,36)/t24-,25+,29-,30-/m1/s1. The molecule has 4 aliphatic rings. The monoisotopic (exact) mass is 493 g/mol. The van der Waals surface area contributed by atoms with Crippen LogP contribution in [0.2, 0.25) is 0 Å². The van der Waals surface area contributed by atoms with E-state index in [2.05, 4.69) is 15.5 Å². The van der Waals surface area contributed by atoms with Crippen molar-refractivity contribution in [2.75, 3.05) is 24.3 Å². The maximum absolute atomic E-state index is 14.6. The molecule has 0 saturated carbocycles. The van der Waals surface area contributed by atoms with Crippen molar-refractivity contribution in [2.24, 2.45) is 5.92 Å². The van der Waals surface area contributed by atoms with Crippen LogP contribution in [-0.2, 0) is 20.5 Å². The van der Waals surface area contributed by atoms with Crippen LogP contribution in [0.4, 0.5) is 11.4 Å². The van der Waals surface area contributed by atoms with E-state index >= 15 is 0 Å². The summed E-state index contributed by atoms with van der Waals surface area (Å²) in [5.74, 6) is -0.871. The van der Waals surface area contributed by atoms with Crippen LogP contribution < -0.4 is 15.4 Å². The van der Waals surface area contributed by atoms with Gasteiger partial charge in [0.15, 0.2) is 5.78 Å². The maximum Gasteiger partial charge on any atom is 0.251 e. The van der Waals surface area contributed by atoms with Gasteiger partial charge in [0, 0.05) is 28.5 Å². The van der Waals surface area contributed by atoms with Gasteiger partial charge in [0.2, 0.25) is 5.91 Å². The lowest BCUT2D eigenvalue weighted by Crippen LogP contribution is -2.62. The summed E-state index contributed by atoms with van der Waals surface area (Å²) in [4.78, 5) is 45.6. The molecule has 0 bridgehead atoms. The predicted molar refractivity (Wildman–Crippen MR) is 139 cm³/mol. The third-order valence-corrected chi connectivity index (χ3v) is 8.89. The molecule has 2 fully saturated rings. The number of carbonyl (C=O) groups excluding carboxylic acids is 3. The molecule has 7 heteroatoms. The average molecular weight is 494 g/mol. The number of methoxy groups -OCH3 is 1. The van der Waals surface area contributed by atoms with Crippen LogP contribution in [-0.4, -0.2) is 42.2 Å². The lowest BCUT2D eigenvalue weighted by molar-refractivity contribution is -0.137. The average Bonchev–Trinajstić information content (AvgIpc) is 3.62. The topological polar surface area (TPSA) is 87.7 Å². The lowest BCUT2D eigenvalue weighted by Gasteiger charge is -2.43. The van der Waals surface area contributed by atoms with E-state index in [-0.39, 0.29) is 23.6 Å². The number of Topliss-reactive ketones (excluding diaryl/α,β-unsaturated/α-hetero) is 1. The fraction of sp³-hybridized carbons (Fsp3) is 0.300. The van der Waals surface area contributed by atoms with E-state index in [1.54, 1.807) is 31.4 Å². The number of ether oxygens (including phenoxy) is 1. The summed E-state index contributed by atoms with van der Waals surface area (Å²) < 4.78 is 5.41. The van der Waals surface area contributed by atoms with Gasteiger partial charge in [-0.05, 0) is 56.1 Å². The summed E-state index contributed by atoms with van der Waals surface area (Å²) in [7, 11) is 1.57. The van der Waals surface area contributed by atoms with Gasteiger partial charge in [-0.2, -0.15) is 0 Å². The Morgan fingerprint density at radius 2 is 1.73 bits per heavy atom. The Balaban J connectivity index is 1.58. The number of fused-ring (bicyclic) bond motifs is 7. The molecular weight excluding hydrogens is 466 g/mol. The summed E-state index contributed by atoms with van der Waals surface area (Å²) in [6, 6.07) is 20.2. The van der Waals surface area contributed by atoms with E-state index in [0.29, 0.717) is 34.8 Å². The number of hydrogen-bond donors (Lipinski definition) is 2. The molecular formula is C30H27N3O4. The number of carbonyl (C=O) groups is 3. The van der Waals surface area contributed by atoms with E-state index in [4.69, 9.17) is 4.74 Å². The van der Waals surface area contributed by atoms with Crippen molar-refractivity contribution < 1.29 is 19.1 Å². The summed E-state index contributed by atoms with van der Waals surface area (Å²) in [6.45, 7) is 2.62. The normalized spacial score (nSPS) is 29.2. The first-order valence-electron chi connectivity index (χ1n) is 12.7. The van der Waals surface area contributed by atoms with Crippen LogP contribution in [0.25, 0.3) is 0 Å². The Hall–Kier alpha value is -3.97. The second-order valence-corrected chi connectivity index (χ2v) is 10.5. The van der Waals surface area contributed by atoms with Gasteiger partial charge >= 0.3 is 0 Å². The molecule has 7 nitrogen and oxygen atoms in total. The van der Waals surface area contributed by atoms with Crippen molar-refractivity contribution in [3.63, 3.8) is 0 Å².